The van der Waals surface area contributed by atoms with Gasteiger partial charge in [0.15, 0.2) is 0 Å². The minimum atomic E-state index is -0.901. The lowest BCUT2D eigenvalue weighted by Gasteiger charge is -2.23. The molecule has 5 aromatic rings. The van der Waals surface area contributed by atoms with E-state index in [0.29, 0.717) is 0 Å². The summed E-state index contributed by atoms with van der Waals surface area (Å²) in [5, 5.41) is 9.67. The Hall–Kier alpha value is -4.12. The Balaban J connectivity index is 1.48. The van der Waals surface area contributed by atoms with Crippen molar-refractivity contribution in [3.05, 3.63) is 96.1 Å². The first-order chi connectivity index (χ1) is 17.3. The lowest BCUT2D eigenvalue weighted by Crippen LogP contribution is -2.45. The zero-order chi connectivity index (χ0) is 25.3. The van der Waals surface area contributed by atoms with Crippen LogP contribution in [0.5, 0.6) is 0 Å². The maximum atomic E-state index is 13.2. The molecule has 0 unspecified atom stereocenters. The standard InChI is InChI=1S/C31H29NO4/c1-31(2,3)36-30(34)32-26(29(33)35-19-20-8-5-4-6-9-20)18-24-15-14-23-13-12-21-10-7-11-22-16-17-25(24)28(23)27(21)22/h4-17,26H,18-19H2,1-3H3,(H,32,34)/t26-/m1/s1. The van der Waals surface area contributed by atoms with Gasteiger partial charge in [0.2, 0.25) is 0 Å². The molecule has 5 nitrogen and oxygen atoms in total. The van der Waals surface area contributed by atoms with Gasteiger partial charge in [0.05, 0.1) is 0 Å². The number of rotatable bonds is 6. The van der Waals surface area contributed by atoms with Crippen LogP contribution in [0.4, 0.5) is 4.79 Å². The van der Waals surface area contributed by atoms with Crippen molar-refractivity contribution in [3.63, 3.8) is 0 Å². The number of benzene rings is 5. The average Bonchev–Trinajstić information content (AvgIpc) is 2.85. The highest BCUT2D eigenvalue weighted by Crippen LogP contribution is 2.36. The van der Waals surface area contributed by atoms with Crippen LogP contribution in [0.3, 0.4) is 0 Å². The van der Waals surface area contributed by atoms with Gasteiger partial charge in [0, 0.05) is 6.42 Å². The van der Waals surface area contributed by atoms with Crippen LogP contribution in [0.2, 0.25) is 0 Å². The summed E-state index contributed by atoms with van der Waals surface area (Å²) < 4.78 is 11.1. The van der Waals surface area contributed by atoms with Crippen molar-refractivity contribution >= 4 is 44.4 Å². The van der Waals surface area contributed by atoms with Crippen molar-refractivity contribution in [1.82, 2.24) is 5.32 Å². The molecule has 5 heteroatoms. The van der Waals surface area contributed by atoms with Crippen LogP contribution < -0.4 is 5.32 Å². The fourth-order valence-electron chi connectivity index (χ4n) is 4.67. The summed E-state index contributed by atoms with van der Waals surface area (Å²) in [6.45, 7) is 5.49. The third-order valence-corrected chi connectivity index (χ3v) is 6.24. The molecule has 0 heterocycles. The van der Waals surface area contributed by atoms with E-state index in [1.54, 1.807) is 20.8 Å². The van der Waals surface area contributed by atoms with E-state index >= 15 is 0 Å². The van der Waals surface area contributed by atoms with Gasteiger partial charge in [-0.1, -0.05) is 84.9 Å². The highest BCUT2D eigenvalue weighted by Gasteiger charge is 2.27. The molecule has 5 aromatic carbocycles. The van der Waals surface area contributed by atoms with Crippen molar-refractivity contribution in [2.45, 2.75) is 45.4 Å². The Morgan fingerprint density at radius 1 is 0.778 bits per heavy atom. The van der Waals surface area contributed by atoms with E-state index in [4.69, 9.17) is 9.47 Å². The van der Waals surface area contributed by atoms with Crippen LogP contribution in [0.25, 0.3) is 32.3 Å². The highest BCUT2D eigenvalue weighted by molar-refractivity contribution is 6.23. The quantitative estimate of drug-likeness (QED) is 0.216. The van der Waals surface area contributed by atoms with Crippen LogP contribution in [-0.4, -0.2) is 23.7 Å². The fourth-order valence-corrected chi connectivity index (χ4v) is 4.67. The van der Waals surface area contributed by atoms with Gasteiger partial charge in [-0.3, -0.25) is 0 Å². The van der Waals surface area contributed by atoms with Crippen molar-refractivity contribution in [2.75, 3.05) is 0 Å². The molecule has 0 bridgehead atoms. The van der Waals surface area contributed by atoms with Gasteiger partial charge in [-0.25, -0.2) is 9.59 Å². The molecule has 1 atom stereocenters. The van der Waals surface area contributed by atoms with Crippen LogP contribution in [0.1, 0.15) is 31.9 Å². The average molecular weight is 480 g/mol. The third-order valence-electron chi connectivity index (χ3n) is 6.24. The summed E-state index contributed by atoms with van der Waals surface area (Å²) in [6.07, 6.45) is -0.372. The smallest absolute Gasteiger partial charge is 0.408 e. The number of amides is 1. The molecule has 0 aliphatic carbocycles. The SMILES string of the molecule is CC(C)(C)OC(=O)N[C@H](Cc1ccc2ccc3cccc4ccc1c2c34)C(=O)OCc1ccccc1. The molecule has 0 aromatic heterocycles. The Labute approximate surface area is 210 Å². The number of ether oxygens (including phenoxy) is 2. The molecule has 0 spiro atoms. The minimum Gasteiger partial charge on any atom is -0.459 e. The summed E-state index contributed by atoms with van der Waals surface area (Å²) in [6, 6.07) is 27.4. The topological polar surface area (TPSA) is 64.6 Å². The Bertz CT molecular complexity index is 1520. The van der Waals surface area contributed by atoms with Gasteiger partial charge >= 0.3 is 12.1 Å². The van der Waals surface area contributed by atoms with Crippen molar-refractivity contribution in [2.24, 2.45) is 0 Å². The van der Waals surface area contributed by atoms with E-state index in [0.717, 1.165) is 27.3 Å². The molecular weight excluding hydrogens is 450 g/mol. The normalized spacial score (nSPS) is 12.6. The van der Waals surface area contributed by atoms with E-state index in [1.807, 2.05) is 36.4 Å². The second-order valence-corrected chi connectivity index (χ2v) is 10.1. The monoisotopic (exact) mass is 479 g/mol. The first-order valence-corrected chi connectivity index (χ1v) is 12.1. The summed E-state index contributed by atoms with van der Waals surface area (Å²) in [5.41, 5.74) is 1.15. The molecule has 0 fully saturated rings. The lowest BCUT2D eigenvalue weighted by molar-refractivity contribution is -0.147. The van der Waals surface area contributed by atoms with Crippen LogP contribution in [0, 0.1) is 0 Å². The second kappa shape index (κ2) is 9.50. The van der Waals surface area contributed by atoms with Gasteiger partial charge in [0.25, 0.3) is 0 Å². The zero-order valence-electron chi connectivity index (χ0n) is 20.7. The van der Waals surface area contributed by atoms with E-state index in [1.165, 1.54) is 16.2 Å². The number of nitrogens with one attached hydrogen (secondary N) is 1. The van der Waals surface area contributed by atoms with E-state index in [9.17, 15) is 9.59 Å². The fraction of sp³-hybridized carbons (Fsp3) is 0.226. The van der Waals surface area contributed by atoms with Crippen LogP contribution in [0.15, 0.2) is 84.9 Å². The Morgan fingerprint density at radius 3 is 2.11 bits per heavy atom. The number of esters is 1. The van der Waals surface area contributed by atoms with Gasteiger partial charge in [-0.15, -0.1) is 0 Å². The van der Waals surface area contributed by atoms with Gasteiger partial charge in [-0.2, -0.15) is 0 Å². The number of carbonyl (C=O) groups is 2. The maximum absolute atomic E-state index is 13.2. The zero-order valence-corrected chi connectivity index (χ0v) is 20.7. The number of alkyl carbamates (subject to hydrolysis) is 1. The Kier molecular flexibility index (Phi) is 6.23. The molecule has 0 saturated carbocycles. The van der Waals surface area contributed by atoms with Crippen LogP contribution in [-0.2, 0) is 27.3 Å². The molecular formula is C31H29NO4. The lowest BCUT2D eigenvalue weighted by atomic mass is 9.90. The first-order valence-electron chi connectivity index (χ1n) is 12.1. The number of carbonyl (C=O) groups excluding carboxylic acids is 2. The Morgan fingerprint density at radius 2 is 1.42 bits per heavy atom. The highest BCUT2D eigenvalue weighted by atomic mass is 16.6. The van der Waals surface area contributed by atoms with Crippen molar-refractivity contribution in [3.8, 4) is 0 Å². The van der Waals surface area contributed by atoms with Gasteiger partial charge < -0.3 is 14.8 Å². The van der Waals surface area contributed by atoms with E-state index in [2.05, 4.69) is 53.8 Å². The van der Waals surface area contributed by atoms with Gasteiger partial charge in [0.1, 0.15) is 18.2 Å². The molecule has 0 aliphatic heterocycles. The summed E-state index contributed by atoms with van der Waals surface area (Å²) >= 11 is 0. The minimum absolute atomic E-state index is 0.130. The molecule has 5 rings (SSSR count). The summed E-state index contributed by atoms with van der Waals surface area (Å²) in [5.74, 6) is -0.504. The molecule has 182 valence electrons. The predicted molar refractivity (Wildman–Crippen MR) is 143 cm³/mol. The molecule has 0 radical (unpaired) electrons. The third kappa shape index (κ3) is 4.96. The summed E-state index contributed by atoms with van der Waals surface area (Å²) in [7, 11) is 0. The molecule has 0 aliphatic rings. The molecule has 36 heavy (non-hydrogen) atoms. The maximum Gasteiger partial charge on any atom is 0.408 e. The summed E-state index contributed by atoms with van der Waals surface area (Å²) in [4.78, 5) is 25.8. The number of hydrogen-bond acceptors (Lipinski definition) is 4. The second-order valence-electron chi connectivity index (χ2n) is 10.1. The van der Waals surface area contributed by atoms with Crippen molar-refractivity contribution in [1.29, 1.82) is 0 Å². The van der Waals surface area contributed by atoms with E-state index in [-0.39, 0.29) is 13.0 Å². The van der Waals surface area contributed by atoms with Gasteiger partial charge in [-0.05, 0) is 64.2 Å². The molecule has 0 saturated heterocycles. The van der Waals surface area contributed by atoms with Crippen molar-refractivity contribution < 1.29 is 19.1 Å². The largest absolute Gasteiger partial charge is 0.459 e. The molecule has 1 N–H and O–H groups in total. The molecule has 1 amide bonds. The predicted octanol–water partition coefficient (Wildman–Crippen LogP) is 6.76. The van der Waals surface area contributed by atoms with Crippen LogP contribution >= 0.6 is 0 Å². The first kappa shape index (κ1) is 23.6. The number of hydrogen-bond donors (Lipinski definition) is 1. The van der Waals surface area contributed by atoms with E-state index < -0.39 is 23.7 Å².